The summed E-state index contributed by atoms with van der Waals surface area (Å²) in [5, 5.41) is 29.6. The highest BCUT2D eigenvalue weighted by Crippen LogP contribution is 2.44. The third-order valence-corrected chi connectivity index (χ3v) is 20.5. The van der Waals surface area contributed by atoms with Crippen LogP contribution in [0.3, 0.4) is 0 Å². The van der Waals surface area contributed by atoms with E-state index in [2.05, 4.69) is 95.7 Å². The van der Waals surface area contributed by atoms with Crippen molar-refractivity contribution >= 4 is 94.3 Å². The number of ketones is 1. The molecule has 542 valence electrons. The summed E-state index contributed by atoms with van der Waals surface area (Å²) in [6, 6.07) is 64.3. The van der Waals surface area contributed by atoms with Gasteiger partial charge in [0.2, 0.25) is 0 Å². The van der Waals surface area contributed by atoms with Crippen molar-refractivity contribution in [3.63, 3.8) is 0 Å². The van der Waals surface area contributed by atoms with Gasteiger partial charge >= 0.3 is 11.9 Å². The first-order valence-corrected chi connectivity index (χ1v) is 37.8. The van der Waals surface area contributed by atoms with Crippen LogP contribution in [0.15, 0.2) is 204 Å². The predicted molar refractivity (Wildman–Crippen MR) is 425 cm³/mol. The Balaban J connectivity index is 0.777. The molecule has 14 nitrogen and oxygen atoms in total. The summed E-state index contributed by atoms with van der Waals surface area (Å²) in [5.41, 5.74) is 8.89. The van der Waals surface area contributed by atoms with Crippen LogP contribution in [0.5, 0.6) is 23.0 Å². The van der Waals surface area contributed by atoms with E-state index < -0.39 is 17.5 Å². The quantitative estimate of drug-likeness (QED) is 0.0133. The minimum atomic E-state index is -1.45. The van der Waals surface area contributed by atoms with E-state index in [1.54, 1.807) is 0 Å². The molecule has 0 radical (unpaired) electrons. The number of ether oxygens (including phenoxy) is 4. The largest absolute Gasteiger partial charge is 0.493 e. The van der Waals surface area contributed by atoms with Crippen molar-refractivity contribution in [2.45, 2.75) is 158 Å². The summed E-state index contributed by atoms with van der Waals surface area (Å²) in [7, 11) is 0. The molecule has 105 heavy (non-hydrogen) atoms. The smallest absolute Gasteiger partial charge is 0.332 e. The number of benzene rings is 10. The maximum absolute atomic E-state index is 14.9. The zero-order chi connectivity index (χ0) is 73.6. The molecule has 0 saturated heterocycles. The third kappa shape index (κ3) is 16.4. The number of hydrogen-bond donors (Lipinski definition) is 1. The third-order valence-electron chi connectivity index (χ3n) is 20.5. The van der Waals surface area contributed by atoms with Gasteiger partial charge in [-0.15, -0.1) is 0 Å². The molecule has 3 atom stereocenters. The van der Waals surface area contributed by atoms with E-state index in [9.17, 15) is 19.5 Å². The van der Waals surface area contributed by atoms with Gasteiger partial charge in [-0.25, -0.2) is 9.59 Å². The average molecular weight is 1410 g/mol. The fourth-order valence-corrected chi connectivity index (χ4v) is 15.0. The van der Waals surface area contributed by atoms with Gasteiger partial charge < -0.3 is 42.9 Å². The molecule has 2 heterocycles. The van der Waals surface area contributed by atoms with Crippen molar-refractivity contribution in [1.82, 2.24) is 9.13 Å². The molecule has 0 saturated carbocycles. The number of unbranched alkanes of at least 4 members (excludes halogenated alkanes) is 5. The first kappa shape index (κ1) is 74.2. The Hall–Kier alpha value is -10.6. The van der Waals surface area contributed by atoms with Crippen LogP contribution in [0, 0.1) is 11.8 Å². The molecule has 12 rings (SSSR count). The monoisotopic (exact) mass is 1410 g/mol. The normalized spacial score (nSPS) is 13.2. The van der Waals surface area contributed by atoms with Gasteiger partial charge in [0.05, 0.1) is 32.0 Å². The number of para-hydroxylation sites is 2. The Morgan fingerprint density at radius 3 is 1.35 bits per heavy atom. The van der Waals surface area contributed by atoms with E-state index >= 15 is 0 Å². The number of rotatable bonds is 35. The molecule has 12 aromatic rings. The molecule has 0 spiro atoms. The van der Waals surface area contributed by atoms with Crippen molar-refractivity contribution < 1.29 is 48.1 Å². The van der Waals surface area contributed by atoms with Crippen molar-refractivity contribution in [2.24, 2.45) is 22.1 Å². The van der Waals surface area contributed by atoms with Crippen LogP contribution in [-0.4, -0.2) is 69.8 Å². The number of aromatic nitrogens is 2. The van der Waals surface area contributed by atoms with Gasteiger partial charge in [0.15, 0.2) is 5.78 Å². The number of carbonyl (C=O) groups is 3. The van der Waals surface area contributed by atoms with Crippen LogP contribution in [0.1, 0.15) is 189 Å². The molecule has 0 aliphatic heterocycles. The van der Waals surface area contributed by atoms with Crippen LogP contribution in [0.4, 0.5) is 0 Å². The van der Waals surface area contributed by atoms with Gasteiger partial charge in [-0.1, -0.05) is 180 Å². The number of fused-ring (bicyclic) bond motifs is 8. The summed E-state index contributed by atoms with van der Waals surface area (Å²) in [4.78, 5) is 51.2. The molecule has 10 aromatic carbocycles. The fourth-order valence-electron chi connectivity index (χ4n) is 15.0. The molecule has 2 aromatic heterocycles. The Kier molecular flexibility index (Phi) is 24.3. The van der Waals surface area contributed by atoms with Crippen LogP contribution < -0.4 is 18.9 Å². The summed E-state index contributed by atoms with van der Waals surface area (Å²) in [6.07, 6.45) is 12.1. The maximum atomic E-state index is 14.9. The van der Waals surface area contributed by atoms with Crippen molar-refractivity contribution in [2.75, 3.05) is 26.4 Å². The van der Waals surface area contributed by atoms with Gasteiger partial charge in [-0.2, -0.15) is 0 Å². The van der Waals surface area contributed by atoms with Gasteiger partial charge in [0, 0.05) is 104 Å². The van der Waals surface area contributed by atoms with Crippen LogP contribution in [0.2, 0.25) is 0 Å². The maximum Gasteiger partial charge on any atom is 0.332 e. The second kappa shape index (κ2) is 34.4. The van der Waals surface area contributed by atoms with E-state index in [0.717, 1.165) is 166 Å². The molecule has 0 aliphatic rings. The molecule has 1 N–H and O–H groups in total. The molecule has 0 aliphatic carbocycles. The first-order valence-electron chi connectivity index (χ1n) is 37.8. The summed E-state index contributed by atoms with van der Waals surface area (Å²) >= 11 is 0. The lowest BCUT2D eigenvalue weighted by atomic mass is 9.83. The summed E-state index contributed by atoms with van der Waals surface area (Å²) in [6.45, 7) is 20.8. The number of aliphatic hydroxyl groups is 1. The Morgan fingerprint density at radius 1 is 0.429 bits per heavy atom. The van der Waals surface area contributed by atoms with E-state index in [0.29, 0.717) is 106 Å². The number of nitrogens with zero attached hydrogens (tertiary/aromatic N) is 4. The second-order valence-electron chi connectivity index (χ2n) is 27.7. The van der Waals surface area contributed by atoms with Gasteiger partial charge in [-0.3, -0.25) is 4.79 Å². The van der Waals surface area contributed by atoms with E-state index in [1.807, 2.05) is 166 Å². The lowest BCUT2D eigenvalue weighted by Gasteiger charge is -2.28. The van der Waals surface area contributed by atoms with Crippen LogP contribution >= 0.6 is 0 Å². The van der Waals surface area contributed by atoms with Gasteiger partial charge in [0.1, 0.15) is 40.0 Å². The van der Waals surface area contributed by atoms with Crippen LogP contribution in [0.25, 0.3) is 65.2 Å². The molecule has 0 bridgehead atoms. The standard InChI is InChI=1S/C91H98N4O10/c1-10-16-30-62(12-3)58-94-78-46-40-66(54-74(78)76-56-68(42-48-80(76)94)90(98)86-70-34-22-20-32-64(70)43-50-84(86)100-14-5)88(92-104-60(7)96)72-36-24-26-38-82(72)102-52-28-18-19-29-53-103-83-39-27-25-37-73(83)89(93-105-61(8)97)67-41-47-79-75(55-67)77-57-69(45-49-81(77)95(79)59-63(13-4)31-17-11-2)91(9,99)87-71-35-23-21-33-65(71)44-51-85(87)101-15-6/h20-27,32-51,54-57,62-63,99H,10-19,28-31,52-53,58-59H2,1-9H3. The van der Waals surface area contributed by atoms with Crippen LogP contribution in [-0.2, 0) is 38.0 Å². The van der Waals surface area contributed by atoms with E-state index in [1.165, 1.54) is 13.8 Å². The topological polar surface area (TPSA) is 161 Å². The summed E-state index contributed by atoms with van der Waals surface area (Å²) < 4.78 is 30.4. The molecular formula is C91H98N4O10. The highest BCUT2D eigenvalue weighted by atomic mass is 16.7. The minimum absolute atomic E-state index is 0.122. The van der Waals surface area contributed by atoms with Gasteiger partial charge in [0.25, 0.3) is 0 Å². The van der Waals surface area contributed by atoms with E-state index in [4.69, 9.17) is 28.6 Å². The molecule has 0 amide bonds. The van der Waals surface area contributed by atoms with E-state index in [-0.39, 0.29) is 5.78 Å². The van der Waals surface area contributed by atoms with Crippen molar-refractivity contribution in [3.8, 4) is 23.0 Å². The number of oxime groups is 2. The molecule has 0 fully saturated rings. The zero-order valence-electron chi connectivity index (χ0n) is 62.3. The minimum Gasteiger partial charge on any atom is -0.493 e. The average Bonchev–Trinajstić information content (AvgIpc) is 1.65. The highest BCUT2D eigenvalue weighted by Gasteiger charge is 2.33. The lowest BCUT2D eigenvalue weighted by Crippen LogP contribution is -2.24. The Morgan fingerprint density at radius 2 is 0.857 bits per heavy atom. The second-order valence-corrected chi connectivity index (χ2v) is 27.7. The lowest BCUT2D eigenvalue weighted by molar-refractivity contribution is -0.141. The first-order chi connectivity index (χ1) is 51.2. The zero-order valence-corrected chi connectivity index (χ0v) is 62.3. The number of hydrogen-bond acceptors (Lipinski definition) is 12. The van der Waals surface area contributed by atoms with Crippen molar-refractivity contribution in [1.29, 1.82) is 0 Å². The van der Waals surface area contributed by atoms with Gasteiger partial charge in [-0.05, 0) is 189 Å². The SMILES string of the molecule is CCCCC(CC)Cn1c2ccc(C(=O)c3c(OCC)ccc4ccccc34)cc2c2cc(C(=NOC(C)=O)c3ccccc3OCCCCCCOc3ccccc3C(=NOC(C)=O)c3ccc4c(c3)c3cc(C(C)(O)c5c(OCC)ccc6ccccc56)ccc3n4CC(CC)CCCC)ccc21. The predicted octanol–water partition coefficient (Wildman–Crippen LogP) is 21.6. The Labute approximate surface area is 616 Å². The fraction of sp³-hybridized carbons (Fsp3) is 0.330. The molecule has 14 heteroatoms. The van der Waals surface area contributed by atoms with Crippen molar-refractivity contribution in [3.05, 3.63) is 239 Å². The molecular weight excluding hydrogens is 1310 g/mol. The summed E-state index contributed by atoms with van der Waals surface area (Å²) in [5.74, 6) is 2.06. The Bertz CT molecular complexity index is 5170. The highest BCUT2D eigenvalue weighted by molar-refractivity contribution is 6.22. The number of carbonyl (C=O) groups excluding carboxylic acids is 3. The molecule has 3 unspecified atom stereocenters.